The zero-order valence-electron chi connectivity index (χ0n) is 10.8. The van der Waals surface area contributed by atoms with Crippen molar-refractivity contribution in [3.63, 3.8) is 0 Å². The SMILES string of the molecule is CCC(N)Cc1cc(Br)ccc1OCc1ccno1. The van der Waals surface area contributed by atoms with Gasteiger partial charge in [-0.2, -0.15) is 0 Å². The molecule has 0 spiro atoms. The average Bonchev–Trinajstić information content (AvgIpc) is 2.91. The van der Waals surface area contributed by atoms with Gasteiger partial charge in [-0.05, 0) is 36.6 Å². The van der Waals surface area contributed by atoms with Gasteiger partial charge in [0.1, 0.15) is 12.4 Å². The minimum atomic E-state index is 0.141. The third-order valence-electron chi connectivity index (χ3n) is 2.89. The van der Waals surface area contributed by atoms with Gasteiger partial charge in [0.2, 0.25) is 0 Å². The van der Waals surface area contributed by atoms with Crippen molar-refractivity contribution in [3.05, 3.63) is 46.3 Å². The van der Waals surface area contributed by atoms with Crippen molar-refractivity contribution < 1.29 is 9.26 Å². The van der Waals surface area contributed by atoms with Crippen LogP contribution in [0, 0.1) is 0 Å². The van der Waals surface area contributed by atoms with Gasteiger partial charge in [0.05, 0.1) is 6.20 Å². The van der Waals surface area contributed by atoms with E-state index in [4.69, 9.17) is 15.0 Å². The van der Waals surface area contributed by atoms with Gasteiger partial charge in [-0.1, -0.05) is 28.0 Å². The van der Waals surface area contributed by atoms with E-state index in [1.807, 2.05) is 18.2 Å². The van der Waals surface area contributed by atoms with E-state index in [0.29, 0.717) is 12.4 Å². The highest BCUT2D eigenvalue weighted by molar-refractivity contribution is 9.10. The number of hydrogen-bond acceptors (Lipinski definition) is 4. The molecule has 1 aromatic heterocycles. The van der Waals surface area contributed by atoms with Crippen LogP contribution < -0.4 is 10.5 Å². The number of aromatic nitrogens is 1. The highest BCUT2D eigenvalue weighted by Gasteiger charge is 2.09. The van der Waals surface area contributed by atoms with E-state index in [9.17, 15) is 0 Å². The van der Waals surface area contributed by atoms with Crippen molar-refractivity contribution in [1.29, 1.82) is 0 Å². The molecule has 0 aliphatic heterocycles. The molecule has 4 nitrogen and oxygen atoms in total. The third-order valence-corrected chi connectivity index (χ3v) is 3.38. The summed E-state index contributed by atoms with van der Waals surface area (Å²) in [6.45, 7) is 2.45. The van der Waals surface area contributed by atoms with Gasteiger partial charge in [0.15, 0.2) is 5.76 Å². The number of nitrogens with two attached hydrogens (primary N) is 1. The van der Waals surface area contributed by atoms with Crippen LogP contribution in [0.5, 0.6) is 5.75 Å². The first-order chi connectivity index (χ1) is 9.19. The smallest absolute Gasteiger partial charge is 0.174 e. The Hall–Kier alpha value is -1.33. The molecule has 19 heavy (non-hydrogen) atoms. The van der Waals surface area contributed by atoms with Crippen LogP contribution in [0.4, 0.5) is 0 Å². The molecule has 2 N–H and O–H groups in total. The fourth-order valence-corrected chi connectivity index (χ4v) is 2.15. The predicted octanol–water partition coefficient (Wildman–Crippen LogP) is 3.30. The highest BCUT2D eigenvalue weighted by Crippen LogP contribution is 2.25. The van der Waals surface area contributed by atoms with Gasteiger partial charge in [-0.3, -0.25) is 0 Å². The average molecular weight is 325 g/mol. The maximum Gasteiger partial charge on any atom is 0.174 e. The van der Waals surface area contributed by atoms with Crippen molar-refractivity contribution in [2.75, 3.05) is 0 Å². The monoisotopic (exact) mass is 324 g/mol. The highest BCUT2D eigenvalue weighted by atomic mass is 79.9. The van der Waals surface area contributed by atoms with Gasteiger partial charge < -0.3 is 15.0 Å². The summed E-state index contributed by atoms with van der Waals surface area (Å²) in [4.78, 5) is 0. The van der Waals surface area contributed by atoms with Crippen molar-refractivity contribution in [2.24, 2.45) is 5.73 Å². The molecule has 1 unspecified atom stereocenters. The second-order valence-corrected chi connectivity index (χ2v) is 5.31. The van der Waals surface area contributed by atoms with Crippen LogP contribution in [-0.2, 0) is 13.0 Å². The van der Waals surface area contributed by atoms with Gasteiger partial charge >= 0.3 is 0 Å². The van der Waals surface area contributed by atoms with Crippen LogP contribution in [0.3, 0.4) is 0 Å². The van der Waals surface area contributed by atoms with E-state index in [2.05, 4.69) is 28.0 Å². The Labute approximate surface area is 121 Å². The Kier molecular flexibility index (Phi) is 4.99. The van der Waals surface area contributed by atoms with Crippen molar-refractivity contribution in [1.82, 2.24) is 5.16 Å². The molecule has 0 bridgehead atoms. The van der Waals surface area contributed by atoms with Crippen LogP contribution in [-0.4, -0.2) is 11.2 Å². The summed E-state index contributed by atoms with van der Waals surface area (Å²) in [5, 5.41) is 3.65. The van der Waals surface area contributed by atoms with Gasteiger partial charge in [-0.15, -0.1) is 0 Å². The first-order valence-corrected chi connectivity index (χ1v) is 7.04. The summed E-state index contributed by atoms with van der Waals surface area (Å²) < 4.78 is 11.8. The third kappa shape index (κ3) is 4.08. The lowest BCUT2D eigenvalue weighted by molar-refractivity contribution is 0.247. The number of rotatable bonds is 6. The van der Waals surface area contributed by atoms with Crippen LogP contribution in [0.2, 0.25) is 0 Å². The molecule has 2 aromatic rings. The lowest BCUT2D eigenvalue weighted by Gasteiger charge is -2.14. The molecule has 0 amide bonds. The Morgan fingerprint density at radius 2 is 2.26 bits per heavy atom. The number of ether oxygens (including phenoxy) is 1. The zero-order chi connectivity index (χ0) is 13.7. The molecule has 0 saturated carbocycles. The fourth-order valence-electron chi connectivity index (χ4n) is 1.74. The molecule has 5 heteroatoms. The Morgan fingerprint density at radius 1 is 1.42 bits per heavy atom. The van der Waals surface area contributed by atoms with E-state index >= 15 is 0 Å². The Morgan fingerprint density at radius 3 is 2.95 bits per heavy atom. The quantitative estimate of drug-likeness (QED) is 0.885. The van der Waals surface area contributed by atoms with Crippen LogP contribution >= 0.6 is 15.9 Å². The summed E-state index contributed by atoms with van der Waals surface area (Å²) in [6, 6.07) is 7.87. The number of benzene rings is 1. The summed E-state index contributed by atoms with van der Waals surface area (Å²) in [7, 11) is 0. The Balaban J connectivity index is 2.09. The van der Waals surface area contributed by atoms with Crippen LogP contribution in [0.15, 0.2) is 39.5 Å². The fraction of sp³-hybridized carbons (Fsp3) is 0.357. The largest absolute Gasteiger partial charge is 0.485 e. The van der Waals surface area contributed by atoms with Gasteiger partial charge in [0, 0.05) is 16.6 Å². The Bertz CT molecular complexity index is 514. The number of hydrogen-bond donors (Lipinski definition) is 1. The van der Waals surface area contributed by atoms with E-state index < -0.39 is 0 Å². The maximum absolute atomic E-state index is 6.02. The molecule has 1 aromatic carbocycles. The second kappa shape index (κ2) is 6.73. The number of nitrogens with zero attached hydrogens (tertiary/aromatic N) is 1. The minimum absolute atomic E-state index is 0.141. The molecule has 0 saturated heterocycles. The van der Waals surface area contributed by atoms with E-state index in [1.165, 1.54) is 0 Å². The van der Waals surface area contributed by atoms with Crippen molar-refractivity contribution in [3.8, 4) is 5.75 Å². The summed E-state index contributed by atoms with van der Waals surface area (Å²) in [6.07, 6.45) is 3.34. The summed E-state index contributed by atoms with van der Waals surface area (Å²) >= 11 is 3.47. The molecular formula is C14H17BrN2O2. The maximum atomic E-state index is 6.02. The molecule has 0 aliphatic carbocycles. The second-order valence-electron chi connectivity index (χ2n) is 4.39. The minimum Gasteiger partial charge on any atom is -0.485 e. The molecule has 102 valence electrons. The van der Waals surface area contributed by atoms with E-state index in [-0.39, 0.29) is 6.04 Å². The molecule has 0 fully saturated rings. The lowest BCUT2D eigenvalue weighted by Crippen LogP contribution is -2.21. The predicted molar refractivity (Wildman–Crippen MR) is 76.9 cm³/mol. The molecule has 1 atom stereocenters. The van der Waals surface area contributed by atoms with Crippen LogP contribution in [0.1, 0.15) is 24.7 Å². The number of halogens is 1. The molecule has 0 aliphatic rings. The summed E-state index contributed by atoms with van der Waals surface area (Å²) in [5.74, 6) is 1.54. The molecular weight excluding hydrogens is 308 g/mol. The van der Waals surface area contributed by atoms with Crippen LogP contribution in [0.25, 0.3) is 0 Å². The molecule has 2 rings (SSSR count). The normalized spacial score (nSPS) is 12.4. The van der Waals surface area contributed by atoms with Crippen molar-refractivity contribution >= 4 is 15.9 Å². The first-order valence-electron chi connectivity index (χ1n) is 6.25. The first kappa shape index (κ1) is 14.1. The van der Waals surface area contributed by atoms with Gasteiger partial charge in [0.25, 0.3) is 0 Å². The van der Waals surface area contributed by atoms with E-state index in [1.54, 1.807) is 12.3 Å². The van der Waals surface area contributed by atoms with Gasteiger partial charge in [-0.25, -0.2) is 0 Å². The van der Waals surface area contributed by atoms with Crippen molar-refractivity contribution in [2.45, 2.75) is 32.4 Å². The molecule has 0 radical (unpaired) electrons. The van der Waals surface area contributed by atoms with E-state index in [0.717, 1.165) is 28.6 Å². The molecule has 1 heterocycles. The zero-order valence-corrected chi connectivity index (χ0v) is 12.4. The standard InChI is InChI=1S/C14H17BrN2O2/c1-2-12(16)8-10-7-11(15)3-4-14(10)18-9-13-5-6-17-19-13/h3-7,12H,2,8-9,16H2,1H3. The lowest BCUT2D eigenvalue weighted by atomic mass is 10.0. The summed E-state index contributed by atoms with van der Waals surface area (Å²) in [5.41, 5.74) is 7.12. The topological polar surface area (TPSA) is 61.3 Å².